The number of benzene rings is 1. The molecule has 1 aliphatic rings. The highest BCUT2D eigenvalue weighted by atomic mass is 16.5. The first kappa shape index (κ1) is 26.8. The predicted octanol–water partition coefficient (Wildman–Crippen LogP) is 2.36. The summed E-state index contributed by atoms with van der Waals surface area (Å²) in [5.41, 5.74) is 15.4. The molecule has 0 aliphatic carbocycles. The van der Waals surface area contributed by atoms with Gasteiger partial charge in [0.25, 0.3) is 5.56 Å². The van der Waals surface area contributed by atoms with E-state index in [-0.39, 0.29) is 23.1 Å². The van der Waals surface area contributed by atoms with E-state index < -0.39 is 0 Å². The lowest BCUT2D eigenvalue weighted by Crippen LogP contribution is -2.32. The van der Waals surface area contributed by atoms with Crippen LogP contribution in [0.3, 0.4) is 0 Å². The minimum Gasteiger partial charge on any atom is -0.497 e. The first-order valence-corrected chi connectivity index (χ1v) is 12.3. The van der Waals surface area contributed by atoms with Crippen LogP contribution in [0.5, 0.6) is 11.5 Å². The lowest BCUT2D eigenvalue weighted by Gasteiger charge is -2.26. The van der Waals surface area contributed by atoms with E-state index in [9.17, 15) is 4.79 Å². The summed E-state index contributed by atoms with van der Waals surface area (Å²) in [5.74, 6) is 1.24. The Morgan fingerprint density at radius 2 is 1.74 bits per heavy atom. The Morgan fingerprint density at radius 3 is 2.34 bits per heavy atom. The standard InChI is InChI=1S/C27H34N8O3/c1-16(28)21(13-30-18-6-8-34(2)9-7-18)22-14-31-26(29)25(32-22)23-15-35(3)27(36)24(33-23)17-10-19(37-4)12-20(11-17)38-5/h10-15,18H,6-9,28H2,1-5H3,(H2,29,31). The van der Waals surface area contributed by atoms with Crippen LogP contribution in [0.1, 0.15) is 25.5 Å². The van der Waals surface area contributed by atoms with E-state index in [4.69, 9.17) is 30.9 Å². The number of hydrogen-bond acceptors (Lipinski definition) is 10. The zero-order valence-corrected chi connectivity index (χ0v) is 22.4. The fourth-order valence-corrected chi connectivity index (χ4v) is 4.26. The minimum atomic E-state index is -0.296. The zero-order chi connectivity index (χ0) is 27.4. The zero-order valence-electron chi connectivity index (χ0n) is 22.4. The van der Waals surface area contributed by atoms with Gasteiger partial charge in [-0.05, 0) is 52.0 Å². The molecule has 0 atom stereocenters. The molecule has 4 N–H and O–H groups in total. The molecule has 2 aromatic heterocycles. The van der Waals surface area contributed by atoms with Gasteiger partial charge in [-0.2, -0.15) is 0 Å². The third kappa shape index (κ3) is 5.83. The van der Waals surface area contributed by atoms with Gasteiger partial charge in [0.05, 0.1) is 32.2 Å². The van der Waals surface area contributed by atoms with E-state index in [0.29, 0.717) is 45.4 Å². The van der Waals surface area contributed by atoms with Gasteiger partial charge in [0, 0.05) is 42.4 Å². The molecule has 0 bridgehead atoms. The summed E-state index contributed by atoms with van der Waals surface area (Å²) in [5, 5.41) is 0. The van der Waals surface area contributed by atoms with Crippen molar-refractivity contribution in [2.45, 2.75) is 25.8 Å². The maximum absolute atomic E-state index is 13.1. The van der Waals surface area contributed by atoms with Gasteiger partial charge >= 0.3 is 0 Å². The number of aryl methyl sites for hydroxylation is 1. The van der Waals surface area contributed by atoms with Gasteiger partial charge in [-0.1, -0.05) is 0 Å². The monoisotopic (exact) mass is 518 g/mol. The van der Waals surface area contributed by atoms with Crippen LogP contribution in [0.4, 0.5) is 5.82 Å². The first-order chi connectivity index (χ1) is 18.2. The number of ether oxygens (including phenoxy) is 2. The Hall–Kier alpha value is -4.25. The van der Waals surface area contributed by atoms with Crippen LogP contribution in [0.15, 0.2) is 46.1 Å². The summed E-state index contributed by atoms with van der Waals surface area (Å²) < 4.78 is 12.2. The van der Waals surface area contributed by atoms with Gasteiger partial charge in [-0.15, -0.1) is 0 Å². The van der Waals surface area contributed by atoms with Crippen LogP contribution in [-0.2, 0) is 7.05 Å². The van der Waals surface area contributed by atoms with E-state index in [0.717, 1.165) is 25.9 Å². The lowest BCUT2D eigenvalue weighted by atomic mass is 10.1. The van der Waals surface area contributed by atoms with Crippen molar-refractivity contribution in [2.24, 2.45) is 17.8 Å². The van der Waals surface area contributed by atoms with E-state index in [1.165, 1.54) is 4.57 Å². The van der Waals surface area contributed by atoms with Crippen molar-refractivity contribution in [2.75, 3.05) is 40.1 Å². The van der Waals surface area contributed by atoms with Gasteiger partial charge in [-0.3, -0.25) is 9.79 Å². The number of aromatic nitrogens is 4. The molecule has 4 rings (SSSR count). The van der Waals surface area contributed by atoms with Crippen molar-refractivity contribution >= 4 is 17.6 Å². The number of nitrogen functional groups attached to an aromatic ring is 1. The Morgan fingerprint density at radius 1 is 1.08 bits per heavy atom. The molecule has 1 aliphatic heterocycles. The van der Waals surface area contributed by atoms with E-state index in [1.54, 1.807) is 65.0 Å². The summed E-state index contributed by atoms with van der Waals surface area (Å²) in [7, 11) is 6.85. The Bertz CT molecular complexity index is 1410. The van der Waals surface area contributed by atoms with Crippen molar-refractivity contribution < 1.29 is 9.47 Å². The molecule has 0 saturated carbocycles. The largest absolute Gasteiger partial charge is 0.497 e. The molecule has 38 heavy (non-hydrogen) atoms. The number of allylic oxidation sites excluding steroid dienone is 2. The third-order valence-electron chi connectivity index (χ3n) is 6.54. The second-order valence-corrected chi connectivity index (χ2v) is 9.39. The number of anilines is 1. The Labute approximate surface area is 221 Å². The summed E-state index contributed by atoms with van der Waals surface area (Å²) in [4.78, 5) is 33.9. The molecule has 3 heterocycles. The van der Waals surface area contributed by atoms with Crippen LogP contribution in [0.2, 0.25) is 0 Å². The van der Waals surface area contributed by atoms with Crippen molar-refractivity contribution in [3.63, 3.8) is 0 Å². The first-order valence-electron chi connectivity index (χ1n) is 12.3. The molecule has 11 heteroatoms. The van der Waals surface area contributed by atoms with Gasteiger partial charge in [0.1, 0.15) is 28.6 Å². The summed E-state index contributed by atoms with van der Waals surface area (Å²) in [6, 6.07) is 5.40. The Balaban J connectivity index is 1.76. The van der Waals surface area contributed by atoms with Crippen LogP contribution < -0.4 is 26.5 Å². The lowest BCUT2D eigenvalue weighted by molar-refractivity contribution is 0.257. The molecule has 1 aromatic carbocycles. The Kier molecular flexibility index (Phi) is 8.06. The third-order valence-corrected chi connectivity index (χ3v) is 6.54. The number of methoxy groups -OCH3 is 2. The highest BCUT2D eigenvalue weighted by molar-refractivity contribution is 6.10. The van der Waals surface area contributed by atoms with Gasteiger partial charge in [-0.25, -0.2) is 15.0 Å². The van der Waals surface area contributed by atoms with Gasteiger partial charge < -0.3 is 30.4 Å². The quantitative estimate of drug-likeness (QED) is 0.450. The summed E-state index contributed by atoms with van der Waals surface area (Å²) >= 11 is 0. The average molecular weight is 519 g/mol. The second kappa shape index (κ2) is 11.4. The minimum absolute atomic E-state index is 0.176. The van der Waals surface area contributed by atoms with Gasteiger partial charge in [0.2, 0.25) is 0 Å². The molecule has 1 saturated heterocycles. The molecule has 0 spiro atoms. The molecule has 11 nitrogen and oxygen atoms in total. The molecule has 3 aromatic rings. The molecule has 1 fully saturated rings. The number of aliphatic imine (C=N–C) groups is 1. The highest BCUT2D eigenvalue weighted by Crippen LogP contribution is 2.29. The average Bonchev–Trinajstić information content (AvgIpc) is 2.91. The maximum Gasteiger partial charge on any atom is 0.276 e. The fourth-order valence-electron chi connectivity index (χ4n) is 4.26. The van der Waals surface area contributed by atoms with E-state index >= 15 is 0 Å². The number of rotatable bonds is 7. The van der Waals surface area contributed by atoms with Crippen molar-refractivity contribution in [1.29, 1.82) is 0 Å². The normalized spacial score (nSPS) is 15.5. The van der Waals surface area contributed by atoms with Gasteiger partial charge in [0.15, 0.2) is 5.82 Å². The van der Waals surface area contributed by atoms with Crippen molar-refractivity contribution in [1.82, 2.24) is 24.4 Å². The maximum atomic E-state index is 13.1. The molecular formula is C27H34N8O3. The number of nitrogens with two attached hydrogens (primary N) is 2. The van der Waals surface area contributed by atoms with Crippen molar-refractivity contribution in [3.05, 3.63) is 52.3 Å². The second-order valence-electron chi connectivity index (χ2n) is 9.39. The van der Waals surface area contributed by atoms with Crippen molar-refractivity contribution in [3.8, 4) is 34.1 Å². The molecule has 0 radical (unpaired) electrons. The van der Waals surface area contributed by atoms with E-state index in [1.807, 2.05) is 0 Å². The predicted molar refractivity (Wildman–Crippen MR) is 149 cm³/mol. The molecular weight excluding hydrogens is 484 g/mol. The molecule has 200 valence electrons. The molecule has 0 unspecified atom stereocenters. The van der Waals surface area contributed by atoms with Crippen LogP contribution in [0, 0.1) is 0 Å². The van der Waals surface area contributed by atoms with Crippen LogP contribution in [-0.4, -0.2) is 71.0 Å². The highest BCUT2D eigenvalue weighted by Gasteiger charge is 2.19. The topological polar surface area (TPSA) is 147 Å². The smallest absolute Gasteiger partial charge is 0.276 e. The number of likely N-dealkylation sites (tertiary alicyclic amines) is 1. The molecule has 0 amide bonds. The number of hydrogen-bond donors (Lipinski definition) is 2. The van der Waals surface area contributed by atoms with E-state index in [2.05, 4.69) is 21.9 Å². The summed E-state index contributed by atoms with van der Waals surface area (Å²) in [6.07, 6.45) is 6.90. The summed E-state index contributed by atoms with van der Waals surface area (Å²) in [6.45, 7) is 3.81. The number of piperidine rings is 1. The number of nitrogens with zero attached hydrogens (tertiary/aromatic N) is 6. The van der Waals surface area contributed by atoms with Crippen LogP contribution >= 0.6 is 0 Å². The SMILES string of the molecule is COc1cc(OC)cc(-c2nc(-c3nc(C(C=NC4CCN(C)CC4)=C(C)N)cnc3N)cn(C)c2=O)c1. The fraction of sp³-hybridized carbons (Fsp3) is 0.370. The van der Waals surface area contributed by atoms with Crippen LogP contribution in [0.25, 0.3) is 28.2 Å².